The highest BCUT2D eigenvalue weighted by Crippen LogP contribution is 2.24. The van der Waals surface area contributed by atoms with Crippen molar-refractivity contribution in [2.45, 2.75) is 31.8 Å². The van der Waals surface area contributed by atoms with E-state index < -0.39 is 5.97 Å². The van der Waals surface area contributed by atoms with E-state index in [4.69, 9.17) is 0 Å². The van der Waals surface area contributed by atoms with Crippen LogP contribution >= 0.6 is 11.3 Å². The number of carbonyl (C=O) groups excluding carboxylic acids is 2. The number of nitrogens with zero attached hydrogens (tertiary/aromatic N) is 1. The van der Waals surface area contributed by atoms with Gasteiger partial charge in [-0.15, -0.1) is 0 Å². The van der Waals surface area contributed by atoms with E-state index in [1.165, 1.54) is 23.8 Å². The molecule has 0 spiro atoms. The van der Waals surface area contributed by atoms with Gasteiger partial charge in [0.05, 0.1) is 13.2 Å². The fraction of sp³-hybridized carbons (Fsp3) is 0.400. The molecule has 1 amide bonds. The van der Waals surface area contributed by atoms with Crippen LogP contribution in [0.3, 0.4) is 0 Å². The molecule has 5 nitrogen and oxygen atoms in total. The van der Waals surface area contributed by atoms with Gasteiger partial charge in [0.25, 0.3) is 0 Å². The van der Waals surface area contributed by atoms with E-state index in [2.05, 4.69) is 56.0 Å². The summed E-state index contributed by atoms with van der Waals surface area (Å²) >= 11 is 1.69. The van der Waals surface area contributed by atoms with Crippen molar-refractivity contribution >= 4 is 23.2 Å². The van der Waals surface area contributed by atoms with E-state index in [0.29, 0.717) is 0 Å². The monoisotopic (exact) mass is 372 g/mol. The van der Waals surface area contributed by atoms with Crippen molar-refractivity contribution in [1.82, 2.24) is 10.2 Å². The van der Waals surface area contributed by atoms with Crippen LogP contribution in [-0.4, -0.2) is 43.0 Å². The lowest BCUT2D eigenvalue weighted by molar-refractivity contribution is -0.142. The molecule has 1 aliphatic heterocycles. The van der Waals surface area contributed by atoms with E-state index in [9.17, 15) is 9.59 Å². The topological polar surface area (TPSA) is 58.6 Å². The normalized spacial score (nSPS) is 17.7. The molecule has 1 fully saturated rings. The van der Waals surface area contributed by atoms with E-state index >= 15 is 0 Å². The molecule has 1 unspecified atom stereocenters. The number of carbonyl (C=O) groups is 2. The van der Waals surface area contributed by atoms with Gasteiger partial charge in [-0.25, -0.2) is 0 Å². The van der Waals surface area contributed by atoms with Gasteiger partial charge in [-0.2, -0.15) is 11.3 Å². The Balaban J connectivity index is 1.62. The average molecular weight is 372 g/mol. The summed E-state index contributed by atoms with van der Waals surface area (Å²) in [5.74, 6) is -0.519. The van der Waals surface area contributed by atoms with Gasteiger partial charge in [0.15, 0.2) is 0 Å². The smallest absolute Gasteiger partial charge is 0.325 e. The molecule has 1 aromatic heterocycles. The zero-order chi connectivity index (χ0) is 18.4. The quantitative estimate of drug-likeness (QED) is 0.792. The zero-order valence-electron chi connectivity index (χ0n) is 14.9. The van der Waals surface area contributed by atoms with Gasteiger partial charge < -0.3 is 10.1 Å². The molecule has 1 aliphatic rings. The molecule has 1 N–H and O–H groups in total. The molecule has 2 heterocycles. The average Bonchev–Trinajstić information content (AvgIpc) is 3.21. The minimum absolute atomic E-state index is 0.0744. The Morgan fingerprint density at radius 3 is 2.69 bits per heavy atom. The number of rotatable bonds is 6. The number of methoxy groups -OCH3 is 1. The van der Waals surface area contributed by atoms with Crippen molar-refractivity contribution < 1.29 is 14.3 Å². The highest BCUT2D eigenvalue weighted by Gasteiger charge is 2.28. The molecule has 0 radical (unpaired) electrons. The molecule has 26 heavy (non-hydrogen) atoms. The number of ether oxygens (including phenoxy) is 1. The lowest BCUT2D eigenvalue weighted by Gasteiger charge is -2.34. The van der Waals surface area contributed by atoms with E-state index in [1.807, 2.05) is 0 Å². The number of esters is 1. The molecule has 0 bridgehead atoms. The van der Waals surface area contributed by atoms with E-state index in [0.717, 1.165) is 32.4 Å². The molecule has 138 valence electrons. The molecule has 1 saturated heterocycles. The summed E-state index contributed by atoms with van der Waals surface area (Å²) in [6, 6.07) is 10.5. The number of thiophene rings is 1. The Bertz CT molecular complexity index is 728. The lowest BCUT2D eigenvalue weighted by Crippen LogP contribution is -2.50. The molecule has 1 atom stereocenters. The molecule has 0 saturated carbocycles. The van der Waals surface area contributed by atoms with E-state index in [1.54, 1.807) is 11.3 Å². The molecule has 6 heteroatoms. The largest absolute Gasteiger partial charge is 0.468 e. The van der Waals surface area contributed by atoms with Gasteiger partial charge in [0.2, 0.25) is 5.91 Å². The number of piperidine rings is 1. The van der Waals surface area contributed by atoms with Crippen LogP contribution in [0.4, 0.5) is 0 Å². The number of amides is 1. The van der Waals surface area contributed by atoms with Crippen LogP contribution in [0.1, 0.15) is 24.8 Å². The maximum absolute atomic E-state index is 12.5. The summed E-state index contributed by atoms with van der Waals surface area (Å²) in [5.41, 5.74) is 3.64. The first-order valence-electron chi connectivity index (χ1n) is 8.87. The zero-order valence-corrected chi connectivity index (χ0v) is 15.8. The Kier molecular flexibility index (Phi) is 6.41. The van der Waals surface area contributed by atoms with Gasteiger partial charge in [0.1, 0.15) is 6.54 Å². The summed E-state index contributed by atoms with van der Waals surface area (Å²) in [5, 5.41) is 6.91. The maximum Gasteiger partial charge on any atom is 0.325 e. The molecule has 0 aliphatic carbocycles. The molecule has 3 rings (SSSR count). The third-order valence-electron chi connectivity index (χ3n) is 4.75. The Morgan fingerprint density at radius 1 is 1.19 bits per heavy atom. The first-order valence-corrected chi connectivity index (χ1v) is 9.82. The lowest BCUT2D eigenvalue weighted by atomic mass is 9.99. The SMILES string of the molecule is COC(=O)CNC(=O)C1CCCCN1Cc1ccc(-c2ccsc2)cc1. The van der Waals surface area contributed by atoms with Gasteiger partial charge in [-0.1, -0.05) is 30.7 Å². The first-order chi connectivity index (χ1) is 12.7. The van der Waals surface area contributed by atoms with Crippen LogP contribution in [0.2, 0.25) is 0 Å². The fourth-order valence-electron chi connectivity index (χ4n) is 3.29. The first kappa shape index (κ1) is 18.6. The minimum atomic E-state index is -0.426. The second-order valence-electron chi connectivity index (χ2n) is 6.48. The van der Waals surface area contributed by atoms with Crippen molar-refractivity contribution in [3.63, 3.8) is 0 Å². The summed E-state index contributed by atoms with van der Waals surface area (Å²) < 4.78 is 4.59. The highest BCUT2D eigenvalue weighted by atomic mass is 32.1. The number of nitrogens with one attached hydrogen (secondary N) is 1. The second-order valence-corrected chi connectivity index (χ2v) is 7.26. The summed E-state index contributed by atoms with van der Waals surface area (Å²) in [6.45, 7) is 1.55. The number of hydrogen-bond acceptors (Lipinski definition) is 5. The Hall–Kier alpha value is -2.18. The Labute approximate surface area is 158 Å². The predicted molar refractivity (Wildman–Crippen MR) is 103 cm³/mol. The van der Waals surface area contributed by atoms with E-state index in [-0.39, 0.29) is 18.5 Å². The van der Waals surface area contributed by atoms with Crippen LogP contribution in [0.25, 0.3) is 11.1 Å². The van der Waals surface area contributed by atoms with Crippen LogP contribution in [0, 0.1) is 0 Å². The standard InChI is InChI=1S/C20H24N2O3S/c1-25-19(23)12-21-20(24)18-4-2-3-10-22(18)13-15-5-7-16(8-6-15)17-9-11-26-14-17/h5-9,11,14,18H,2-4,10,12-13H2,1H3,(H,21,24). The summed E-state index contributed by atoms with van der Waals surface area (Å²) in [6.07, 6.45) is 2.94. The molecule has 1 aromatic carbocycles. The van der Waals surface area contributed by atoms with Crippen LogP contribution < -0.4 is 5.32 Å². The predicted octanol–water partition coefficient (Wildman–Crippen LogP) is 3.06. The van der Waals surface area contributed by atoms with Crippen LogP contribution in [0.15, 0.2) is 41.1 Å². The minimum Gasteiger partial charge on any atom is -0.468 e. The molecule has 2 aromatic rings. The maximum atomic E-state index is 12.5. The third-order valence-corrected chi connectivity index (χ3v) is 5.43. The van der Waals surface area contributed by atoms with Gasteiger partial charge in [0, 0.05) is 6.54 Å². The van der Waals surface area contributed by atoms with Crippen molar-refractivity contribution in [2.75, 3.05) is 20.2 Å². The van der Waals surface area contributed by atoms with Gasteiger partial charge in [-0.3, -0.25) is 14.5 Å². The number of benzene rings is 1. The van der Waals surface area contributed by atoms with Crippen molar-refractivity contribution in [1.29, 1.82) is 0 Å². The van der Waals surface area contributed by atoms with Gasteiger partial charge in [-0.05, 0) is 52.9 Å². The highest BCUT2D eigenvalue weighted by molar-refractivity contribution is 7.08. The second kappa shape index (κ2) is 8.96. The summed E-state index contributed by atoms with van der Waals surface area (Å²) in [4.78, 5) is 25.9. The third kappa shape index (κ3) is 4.71. The fourth-order valence-corrected chi connectivity index (χ4v) is 3.96. The molecular weight excluding hydrogens is 348 g/mol. The van der Waals surface area contributed by atoms with Crippen LogP contribution in [-0.2, 0) is 20.9 Å². The van der Waals surface area contributed by atoms with Gasteiger partial charge >= 0.3 is 5.97 Å². The van der Waals surface area contributed by atoms with Crippen molar-refractivity contribution in [2.24, 2.45) is 0 Å². The Morgan fingerprint density at radius 2 is 2.00 bits per heavy atom. The number of hydrogen-bond donors (Lipinski definition) is 1. The van der Waals surface area contributed by atoms with Crippen LogP contribution in [0.5, 0.6) is 0 Å². The molecular formula is C20H24N2O3S. The summed E-state index contributed by atoms with van der Waals surface area (Å²) in [7, 11) is 1.32. The van der Waals surface area contributed by atoms with Crippen molar-refractivity contribution in [3.8, 4) is 11.1 Å². The number of likely N-dealkylation sites (tertiary alicyclic amines) is 1. The van der Waals surface area contributed by atoms with Crippen molar-refractivity contribution in [3.05, 3.63) is 46.7 Å².